The molecular formula is C14H22FN3O2. The number of nitrogen functional groups attached to an aromatic ring is 1. The quantitative estimate of drug-likeness (QED) is 0.638. The van der Waals surface area contributed by atoms with Crippen LogP contribution in [0.1, 0.15) is 24.2 Å². The Hall–Kier alpha value is -1.82. The summed E-state index contributed by atoms with van der Waals surface area (Å²) < 4.78 is 18.5. The summed E-state index contributed by atoms with van der Waals surface area (Å²) in [6.07, 6.45) is 0. The summed E-state index contributed by atoms with van der Waals surface area (Å²) in [5, 5.41) is 3.00. The van der Waals surface area contributed by atoms with Crippen LogP contribution in [-0.4, -0.2) is 44.2 Å². The van der Waals surface area contributed by atoms with Crippen LogP contribution >= 0.6 is 0 Å². The number of likely N-dealkylation sites (N-methyl/N-ethyl adjacent to an activating group) is 1. The molecule has 1 rings (SSSR count). The zero-order chi connectivity index (χ0) is 15.5. The van der Waals surface area contributed by atoms with Gasteiger partial charge in [0.2, 0.25) is 0 Å². The largest absolute Gasteiger partial charge is 0.465 e. The van der Waals surface area contributed by atoms with Crippen LogP contribution in [-0.2, 0) is 4.74 Å². The average molecular weight is 283 g/mol. The van der Waals surface area contributed by atoms with Crippen molar-refractivity contribution >= 4 is 17.3 Å². The maximum Gasteiger partial charge on any atom is 0.340 e. The lowest BCUT2D eigenvalue weighted by atomic mass is 10.0. The summed E-state index contributed by atoms with van der Waals surface area (Å²) in [7, 11) is 5.15. The molecule has 112 valence electrons. The summed E-state index contributed by atoms with van der Waals surface area (Å²) in [5.41, 5.74) is 5.90. The molecule has 0 saturated carbocycles. The third kappa shape index (κ3) is 3.60. The van der Waals surface area contributed by atoms with Gasteiger partial charge in [0.15, 0.2) is 0 Å². The zero-order valence-corrected chi connectivity index (χ0v) is 12.6. The molecule has 1 aromatic carbocycles. The molecule has 0 aliphatic heterocycles. The number of methoxy groups -OCH3 is 1. The number of nitrogens with zero attached hydrogens (tertiary/aromatic N) is 1. The second-order valence-corrected chi connectivity index (χ2v) is 5.47. The van der Waals surface area contributed by atoms with Gasteiger partial charge in [-0.15, -0.1) is 0 Å². The van der Waals surface area contributed by atoms with Crippen molar-refractivity contribution in [2.75, 3.05) is 38.8 Å². The highest BCUT2D eigenvalue weighted by Crippen LogP contribution is 2.24. The van der Waals surface area contributed by atoms with Crippen LogP contribution < -0.4 is 11.1 Å². The molecule has 0 amide bonds. The number of carbonyl (C=O) groups is 1. The Labute approximate surface area is 118 Å². The van der Waals surface area contributed by atoms with Crippen LogP contribution in [0.25, 0.3) is 0 Å². The first-order valence-corrected chi connectivity index (χ1v) is 6.27. The minimum Gasteiger partial charge on any atom is -0.465 e. The Balaban J connectivity index is 2.99. The van der Waals surface area contributed by atoms with E-state index in [9.17, 15) is 9.18 Å². The third-order valence-electron chi connectivity index (χ3n) is 3.47. The van der Waals surface area contributed by atoms with Gasteiger partial charge in [0.1, 0.15) is 5.82 Å². The van der Waals surface area contributed by atoms with Gasteiger partial charge >= 0.3 is 5.97 Å². The predicted octanol–water partition coefficient (Wildman–Crippen LogP) is 1.95. The third-order valence-corrected chi connectivity index (χ3v) is 3.47. The van der Waals surface area contributed by atoms with E-state index in [4.69, 9.17) is 5.73 Å². The molecule has 0 saturated heterocycles. The normalized spacial score (nSPS) is 11.6. The second kappa shape index (κ2) is 6.09. The summed E-state index contributed by atoms with van der Waals surface area (Å²) in [4.78, 5) is 13.6. The van der Waals surface area contributed by atoms with E-state index in [1.165, 1.54) is 13.2 Å². The fourth-order valence-electron chi connectivity index (χ4n) is 1.48. The number of ether oxygens (including phenoxy) is 1. The van der Waals surface area contributed by atoms with Crippen molar-refractivity contribution < 1.29 is 13.9 Å². The topological polar surface area (TPSA) is 67.6 Å². The molecule has 0 aliphatic carbocycles. The van der Waals surface area contributed by atoms with Gasteiger partial charge in [0.25, 0.3) is 0 Å². The van der Waals surface area contributed by atoms with E-state index in [1.807, 2.05) is 32.8 Å². The van der Waals surface area contributed by atoms with Crippen molar-refractivity contribution in [1.82, 2.24) is 4.90 Å². The molecule has 0 spiro atoms. The van der Waals surface area contributed by atoms with Crippen LogP contribution in [0, 0.1) is 5.82 Å². The molecule has 0 aromatic heterocycles. The van der Waals surface area contributed by atoms with Crippen molar-refractivity contribution in [1.29, 1.82) is 0 Å². The summed E-state index contributed by atoms with van der Waals surface area (Å²) in [6, 6.07) is 2.50. The molecule has 0 atom stereocenters. The van der Waals surface area contributed by atoms with E-state index < -0.39 is 11.8 Å². The second-order valence-electron chi connectivity index (χ2n) is 5.47. The molecule has 6 heteroatoms. The van der Waals surface area contributed by atoms with E-state index in [2.05, 4.69) is 10.1 Å². The highest BCUT2D eigenvalue weighted by Gasteiger charge is 2.21. The van der Waals surface area contributed by atoms with Crippen molar-refractivity contribution in [3.63, 3.8) is 0 Å². The summed E-state index contributed by atoms with van der Waals surface area (Å²) in [6.45, 7) is 4.56. The average Bonchev–Trinajstić information content (AvgIpc) is 2.36. The van der Waals surface area contributed by atoms with Crippen LogP contribution in [0.4, 0.5) is 15.8 Å². The molecule has 0 fully saturated rings. The van der Waals surface area contributed by atoms with Crippen LogP contribution in [0.15, 0.2) is 12.1 Å². The Kier molecular flexibility index (Phi) is 4.94. The molecule has 0 bridgehead atoms. The van der Waals surface area contributed by atoms with E-state index in [-0.39, 0.29) is 22.5 Å². The molecule has 1 aromatic rings. The number of esters is 1. The van der Waals surface area contributed by atoms with E-state index in [1.54, 1.807) is 0 Å². The summed E-state index contributed by atoms with van der Waals surface area (Å²) >= 11 is 0. The van der Waals surface area contributed by atoms with Crippen LogP contribution in [0.3, 0.4) is 0 Å². The standard InChI is InChI=1S/C14H22FN3O2/c1-14(2,18(3)4)8-17-12-6-9(13(19)20-5)11(16)7-10(12)15/h6-7,17H,8,16H2,1-5H3. The van der Waals surface area contributed by atoms with Crippen molar-refractivity contribution in [2.45, 2.75) is 19.4 Å². The maximum absolute atomic E-state index is 13.9. The molecular weight excluding hydrogens is 261 g/mol. The highest BCUT2D eigenvalue weighted by atomic mass is 19.1. The van der Waals surface area contributed by atoms with Gasteiger partial charge in [-0.25, -0.2) is 9.18 Å². The molecule has 0 radical (unpaired) electrons. The SMILES string of the molecule is COC(=O)c1cc(NCC(C)(C)N(C)C)c(F)cc1N. The molecule has 0 unspecified atom stereocenters. The van der Waals surface area contributed by atoms with E-state index in [0.29, 0.717) is 6.54 Å². The lowest BCUT2D eigenvalue weighted by Crippen LogP contribution is -2.44. The minimum absolute atomic E-state index is 0.0618. The number of nitrogens with one attached hydrogen (secondary N) is 1. The van der Waals surface area contributed by atoms with Gasteiger partial charge in [-0.1, -0.05) is 0 Å². The predicted molar refractivity (Wildman–Crippen MR) is 78.4 cm³/mol. The first kappa shape index (κ1) is 16.2. The summed E-state index contributed by atoms with van der Waals surface area (Å²) in [5.74, 6) is -1.08. The molecule has 0 heterocycles. The van der Waals surface area contributed by atoms with Crippen LogP contribution in [0.5, 0.6) is 0 Å². The van der Waals surface area contributed by atoms with Crippen molar-refractivity contribution in [3.8, 4) is 0 Å². The van der Waals surface area contributed by atoms with Crippen molar-refractivity contribution in [2.24, 2.45) is 0 Å². The number of benzene rings is 1. The molecule has 5 nitrogen and oxygen atoms in total. The first-order chi connectivity index (χ1) is 9.19. The number of hydrogen-bond donors (Lipinski definition) is 2. The van der Waals surface area contributed by atoms with Crippen LogP contribution in [0.2, 0.25) is 0 Å². The van der Waals surface area contributed by atoms with Gasteiger partial charge in [-0.3, -0.25) is 0 Å². The zero-order valence-electron chi connectivity index (χ0n) is 12.6. The number of anilines is 2. The number of carbonyl (C=O) groups excluding carboxylic acids is 1. The Morgan fingerprint density at radius 3 is 2.55 bits per heavy atom. The lowest BCUT2D eigenvalue weighted by molar-refractivity contribution is 0.0602. The fourth-order valence-corrected chi connectivity index (χ4v) is 1.48. The fraction of sp³-hybridized carbons (Fsp3) is 0.500. The monoisotopic (exact) mass is 283 g/mol. The Morgan fingerprint density at radius 2 is 2.05 bits per heavy atom. The minimum atomic E-state index is -0.586. The smallest absolute Gasteiger partial charge is 0.340 e. The first-order valence-electron chi connectivity index (χ1n) is 6.27. The molecule has 3 N–H and O–H groups in total. The van der Waals surface area contributed by atoms with Gasteiger partial charge in [0.05, 0.1) is 18.4 Å². The van der Waals surface area contributed by atoms with E-state index in [0.717, 1.165) is 6.07 Å². The number of nitrogens with two attached hydrogens (primary N) is 1. The Bertz CT molecular complexity index is 501. The van der Waals surface area contributed by atoms with Gasteiger partial charge < -0.3 is 20.7 Å². The maximum atomic E-state index is 13.9. The lowest BCUT2D eigenvalue weighted by Gasteiger charge is -2.33. The Morgan fingerprint density at radius 1 is 1.45 bits per heavy atom. The molecule has 20 heavy (non-hydrogen) atoms. The number of hydrogen-bond acceptors (Lipinski definition) is 5. The number of rotatable bonds is 5. The van der Waals surface area contributed by atoms with Gasteiger partial charge in [-0.05, 0) is 40.1 Å². The van der Waals surface area contributed by atoms with Crippen molar-refractivity contribution in [3.05, 3.63) is 23.5 Å². The van der Waals surface area contributed by atoms with E-state index >= 15 is 0 Å². The number of halogens is 1. The van der Waals surface area contributed by atoms with Gasteiger partial charge in [-0.2, -0.15) is 0 Å². The van der Waals surface area contributed by atoms with Gasteiger partial charge in [0, 0.05) is 17.8 Å². The highest BCUT2D eigenvalue weighted by molar-refractivity contribution is 5.96. The molecule has 0 aliphatic rings.